The van der Waals surface area contributed by atoms with Crippen LogP contribution in [0, 0.1) is 0 Å². The number of fused-ring (bicyclic) bond motifs is 1. The highest BCUT2D eigenvalue weighted by atomic mass is 35.5. The minimum Gasteiger partial charge on any atom is -0.444 e. The fourth-order valence-electron chi connectivity index (χ4n) is 2.80. The first kappa shape index (κ1) is 16.3. The summed E-state index contributed by atoms with van der Waals surface area (Å²) in [5, 5.41) is 0.631. The van der Waals surface area contributed by atoms with E-state index in [1.165, 1.54) is 24.2 Å². The Morgan fingerprint density at radius 2 is 1.85 bits per heavy atom. The molecule has 9 heteroatoms. The van der Waals surface area contributed by atoms with Gasteiger partial charge in [-0.25, -0.2) is 14.8 Å². The summed E-state index contributed by atoms with van der Waals surface area (Å²) >= 11 is 5.89. The van der Waals surface area contributed by atoms with Crippen molar-refractivity contribution < 1.29 is 4.42 Å². The summed E-state index contributed by atoms with van der Waals surface area (Å²) in [4.78, 5) is 33.1. The first-order chi connectivity index (χ1) is 12.5. The lowest BCUT2D eigenvalue weighted by Crippen LogP contribution is -2.37. The van der Waals surface area contributed by atoms with Crippen LogP contribution >= 0.6 is 11.6 Å². The van der Waals surface area contributed by atoms with Gasteiger partial charge in [-0.1, -0.05) is 11.6 Å². The Morgan fingerprint density at radius 3 is 2.58 bits per heavy atom. The molecule has 132 valence electrons. The second kappa shape index (κ2) is 5.99. The van der Waals surface area contributed by atoms with Crippen molar-refractivity contribution in [2.75, 3.05) is 0 Å². The predicted molar refractivity (Wildman–Crippen MR) is 96.3 cm³/mol. The minimum absolute atomic E-state index is 0.293. The SMILES string of the molecule is Cn1c(=O)c2c(ncn2Cc2coc(-c3ccc(Cl)cc3)n2)n(C)c1=O. The van der Waals surface area contributed by atoms with Crippen LogP contribution in [-0.2, 0) is 20.6 Å². The lowest BCUT2D eigenvalue weighted by Gasteiger charge is -2.05. The van der Waals surface area contributed by atoms with Gasteiger partial charge in [0.2, 0.25) is 5.89 Å². The summed E-state index contributed by atoms with van der Waals surface area (Å²) in [7, 11) is 3.02. The fraction of sp³-hybridized carbons (Fsp3) is 0.176. The normalized spacial score (nSPS) is 11.3. The summed E-state index contributed by atoms with van der Waals surface area (Å²) in [5.41, 5.74) is 1.28. The Kier molecular flexibility index (Phi) is 3.77. The third kappa shape index (κ3) is 2.55. The third-order valence-electron chi connectivity index (χ3n) is 4.19. The average Bonchev–Trinajstić information content (AvgIpc) is 3.26. The van der Waals surface area contributed by atoms with Crippen molar-refractivity contribution in [1.82, 2.24) is 23.7 Å². The van der Waals surface area contributed by atoms with Gasteiger partial charge < -0.3 is 8.98 Å². The maximum Gasteiger partial charge on any atom is 0.332 e. The number of imidazole rings is 1. The number of hydrogen-bond acceptors (Lipinski definition) is 5. The van der Waals surface area contributed by atoms with Crippen LogP contribution in [0.5, 0.6) is 0 Å². The van der Waals surface area contributed by atoms with Gasteiger partial charge in [-0.05, 0) is 24.3 Å². The predicted octanol–water partition coefficient (Wildman–Crippen LogP) is 1.79. The van der Waals surface area contributed by atoms with Crippen molar-refractivity contribution in [2.45, 2.75) is 6.54 Å². The number of halogens is 1. The molecule has 0 radical (unpaired) electrons. The number of hydrogen-bond donors (Lipinski definition) is 0. The molecule has 0 atom stereocenters. The monoisotopic (exact) mass is 371 g/mol. The van der Waals surface area contributed by atoms with Crippen molar-refractivity contribution >= 4 is 22.8 Å². The second-order valence-electron chi connectivity index (χ2n) is 5.90. The molecule has 0 bridgehead atoms. The van der Waals surface area contributed by atoms with E-state index in [0.717, 1.165) is 10.1 Å². The number of aromatic nitrogens is 5. The highest BCUT2D eigenvalue weighted by Gasteiger charge is 2.15. The zero-order chi connectivity index (χ0) is 18.4. The van der Waals surface area contributed by atoms with Crippen molar-refractivity contribution in [3.63, 3.8) is 0 Å². The number of rotatable bonds is 3. The average molecular weight is 372 g/mol. The quantitative estimate of drug-likeness (QED) is 0.548. The van der Waals surface area contributed by atoms with Crippen LogP contribution in [0.25, 0.3) is 22.6 Å². The summed E-state index contributed by atoms with van der Waals surface area (Å²) in [5.74, 6) is 0.460. The molecule has 0 fully saturated rings. The van der Waals surface area contributed by atoms with Gasteiger partial charge in [0.1, 0.15) is 6.26 Å². The summed E-state index contributed by atoms with van der Waals surface area (Å²) < 4.78 is 9.58. The van der Waals surface area contributed by atoms with E-state index >= 15 is 0 Å². The lowest BCUT2D eigenvalue weighted by atomic mass is 10.2. The first-order valence-corrected chi connectivity index (χ1v) is 8.14. The van der Waals surface area contributed by atoms with Crippen molar-refractivity contribution in [1.29, 1.82) is 0 Å². The number of nitrogens with zero attached hydrogens (tertiary/aromatic N) is 5. The Hall–Kier alpha value is -3.13. The van der Waals surface area contributed by atoms with Gasteiger partial charge in [0, 0.05) is 24.7 Å². The van der Waals surface area contributed by atoms with Crippen LogP contribution in [0.3, 0.4) is 0 Å². The van der Waals surface area contributed by atoms with Gasteiger partial charge >= 0.3 is 5.69 Å². The molecule has 0 unspecified atom stereocenters. The number of oxazole rings is 1. The van der Waals surface area contributed by atoms with E-state index in [-0.39, 0.29) is 0 Å². The molecule has 0 saturated carbocycles. The molecule has 0 saturated heterocycles. The van der Waals surface area contributed by atoms with E-state index in [1.54, 1.807) is 23.7 Å². The molecule has 0 spiro atoms. The van der Waals surface area contributed by atoms with Crippen molar-refractivity contribution in [2.24, 2.45) is 14.1 Å². The van der Waals surface area contributed by atoms with Crippen LogP contribution in [0.4, 0.5) is 0 Å². The zero-order valence-corrected chi connectivity index (χ0v) is 14.8. The highest BCUT2D eigenvalue weighted by molar-refractivity contribution is 6.30. The Bertz CT molecular complexity index is 1230. The maximum atomic E-state index is 12.5. The Balaban J connectivity index is 1.74. The van der Waals surface area contributed by atoms with E-state index < -0.39 is 11.2 Å². The van der Waals surface area contributed by atoms with E-state index in [1.807, 2.05) is 12.1 Å². The van der Waals surface area contributed by atoms with E-state index in [4.69, 9.17) is 16.0 Å². The van der Waals surface area contributed by atoms with E-state index in [9.17, 15) is 9.59 Å². The molecule has 26 heavy (non-hydrogen) atoms. The molecule has 8 nitrogen and oxygen atoms in total. The Morgan fingerprint density at radius 1 is 1.12 bits per heavy atom. The molecule has 0 N–H and O–H groups in total. The van der Waals surface area contributed by atoms with Crippen LogP contribution in [-0.4, -0.2) is 23.7 Å². The van der Waals surface area contributed by atoms with Gasteiger partial charge in [0.05, 0.1) is 18.6 Å². The van der Waals surface area contributed by atoms with Gasteiger partial charge in [-0.3, -0.25) is 13.9 Å². The smallest absolute Gasteiger partial charge is 0.332 e. The van der Waals surface area contributed by atoms with Gasteiger partial charge in [-0.2, -0.15) is 0 Å². The third-order valence-corrected chi connectivity index (χ3v) is 4.44. The topological polar surface area (TPSA) is 87.8 Å². The zero-order valence-electron chi connectivity index (χ0n) is 14.0. The summed E-state index contributed by atoms with van der Waals surface area (Å²) in [6.45, 7) is 0.293. The maximum absolute atomic E-state index is 12.5. The van der Waals surface area contributed by atoms with Crippen LogP contribution in [0.2, 0.25) is 5.02 Å². The van der Waals surface area contributed by atoms with Gasteiger partial charge in [0.15, 0.2) is 11.2 Å². The Labute approximate surface area is 151 Å². The van der Waals surface area contributed by atoms with Crippen molar-refractivity contribution in [3.05, 3.63) is 68.4 Å². The van der Waals surface area contributed by atoms with E-state index in [2.05, 4.69) is 9.97 Å². The molecular weight excluding hydrogens is 358 g/mol. The molecular formula is C17H14ClN5O3. The standard InChI is InChI=1S/C17H14ClN5O3/c1-21-14-13(16(24)22(2)17(21)25)23(9-19-14)7-12-8-26-15(20-12)10-3-5-11(18)6-4-10/h3-6,8-9H,7H2,1-2H3. The molecule has 1 aromatic carbocycles. The van der Waals surface area contributed by atoms with Crippen molar-refractivity contribution in [3.8, 4) is 11.5 Å². The summed E-state index contributed by atoms with van der Waals surface area (Å²) in [6, 6.07) is 7.15. The van der Waals surface area contributed by atoms with Crippen LogP contribution in [0.1, 0.15) is 5.69 Å². The van der Waals surface area contributed by atoms with Gasteiger partial charge in [-0.15, -0.1) is 0 Å². The van der Waals surface area contributed by atoms with Gasteiger partial charge in [0.25, 0.3) is 5.56 Å². The largest absolute Gasteiger partial charge is 0.444 e. The van der Waals surface area contributed by atoms with Crippen LogP contribution in [0.15, 0.2) is 50.9 Å². The molecule has 3 aromatic heterocycles. The minimum atomic E-state index is -0.417. The number of benzene rings is 1. The molecule has 0 aliphatic heterocycles. The fourth-order valence-corrected chi connectivity index (χ4v) is 2.92. The summed E-state index contributed by atoms with van der Waals surface area (Å²) in [6.07, 6.45) is 3.05. The first-order valence-electron chi connectivity index (χ1n) is 7.77. The molecule has 3 heterocycles. The second-order valence-corrected chi connectivity index (χ2v) is 6.34. The lowest BCUT2D eigenvalue weighted by molar-refractivity contribution is 0.571. The number of aryl methyl sites for hydroxylation is 1. The van der Waals surface area contributed by atoms with Crippen LogP contribution < -0.4 is 11.2 Å². The molecule has 0 amide bonds. The highest BCUT2D eigenvalue weighted by Crippen LogP contribution is 2.21. The molecule has 4 aromatic rings. The molecule has 0 aliphatic rings. The molecule has 4 rings (SSSR count). The van der Waals surface area contributed by atoms with E-state index in [0.29, 0.717) is 34.3 Å². The molecule has 0 aliphatic carbocycles.